The Kier molecular flexibility index (Phi) is 7.04. The Balaban J connectivity index is 1.51. The van der Waals surface area contributed by atoms with Crippen LogP contribution in [0.15, 0.2) is 48.5 Å². The molecule has 0 saturated carbocycles. The Hall–Kier alpha value is -3.23. The zero-order valence-electron chi connectivity index (χ0n) is 17.0. The van der Waals surface area contributed by atoms with E-state index in [1.165, 1.54) is 17.0 Å². The monoisotopic (exact) mass is 436 g/mol. The standard InChI is InChI=1S/C22H23F3N2O4/c1-2-30-18-5-3-4-6-19(18)31-15-20(28)26-11-13-27(14-12-26)21(29)16-7-9-17(10-8-16)22(23,24)25/h3-10H,2,11-15H2,1H3. The van der Waals surface area contributed by atoms with E-state index in [2.05, 4.69) is 0 Å². The molecule has 0 atom stereocenters. The maximum absolute atomic E-state index is 12.7. The highest BCUT2D eigenvalue weighted by molar-refractivity contribution is 5.94. The molecule has 3 rings (SSSR count). The van der Waals surface area contributed by atoms with Crippen molar-refractivity contribution in [2.75, 3.05) is 39.4 Å². The molecule has 166 valence electrons. The van der Waals surface area contributed by atoms with Crippen LogP contribution in [-0.4, -0.2) is 61.0 Å². The van der Waals surface area contributed by atoms with Gasteiger partial charge in [0.15, 0.2) is 18.1 Å². The van der Waals surface area contributed by atoms with Gasteiger partial charge >= 0.3 is 6.18 Å². The second-order valence-electron chi connectivity index (χ2n) is 6.92. The summed E-state index contributed by atoms with van der Waals surface area (Å²) < 4.78 is 49.1. The molecule has 9 heteroatoms. The number of ether oxygens (including phenoxy) is 2. The summed E-state index contributed by atoms with van der Waals surface area (Å²) in [5, 5.41) is 0. The largest absolute Gasteiger partial charge is 0.490 e. The Morgan fingerprint density at radius 1 is 0.871 bits per heavy atom. The topological polar surface area (TPSA) is 59.1 Å². The molecule has 0 spiro atoms. The van der Waals surface area contributed by atoms with Crippen molar-refractivity contribution in [1.29, 1.82) is 0 Å². The summed E-state index contributed by atoms with van der Waals surface area (Å²) in [6.07, 6.45) is -4.45. The number of piperazine rings is 1. The van der Waals surface area contributed by atoms with Gasteiger partial charge in [-0.25, -0.2) is 0 Å². The molecule has 31 heavy (non-hydrogen) atoms. The molecule has 0 unspecified atom stereocenters. The van der Waals surface area contributed by atoms with Crippen LogP contribution in [0.3, 0.4) is 0 Å². The maximum Gasteiger partial charge on any atom is 0.416 e. The highest BCUT2D eigenvalue weighted by atomic mass is 19.4. The smallest absolute Gasteiger partial charge is 0.416 e. The second-order valence-corrected chi connectivity index (χ2v) is 6.92. The van der Waals surface area contributed by atoms with E-state index in [4.69, 9.17) is 9.47 Å². The van der Waals surface area contributed by atoms with E-state index in [1.807, 2.05) is 13.0 Å². The first-order valence-corrected chi connectivity index (χ1v) is 9.88. The van der Waals surface area contributed by atoms with Crippen LogP contribution in [0.1, 0.15) is 22.8 Å². The number of carbonyl (C=O) groups is 2. The number of halogens is 3. The van der Waals surface area contributed by atoms with Gasteiger partial charge in [0, 0.05) is 31.7 Å². The molecule has 1 aliphatic rings. The maximum atomic E-state index is 12.7. The Morgan fingerprint density at radius 2 is 1.42 bits per heavy atom. The molecular formula is C22H23F3N2O4. The summed E-state index contributed by atoms with van der Waals surface area (Å²) in [6.45, 7) is 3.40. The van der Waals surface area contributed by atoms with Crippen molar-refractivity contribution in [3.8, 4) is 11.5 Å². The molecule has 0 radical (unpaired) electrons. The quantitative estimate of drug-likeness (QED) is 0.696. The Morgan fingerprint density at radius 3 is 1.97 bits per heavy atom. The molecular weight excluding hydrogens is 413 g/mol. The molecule has 0 aliphatic carbocycles. The van der Waals surface area contributed by atoms with Crippen LogP contribution in [0, 0.1) is 0 Å². The molecule has 1 heterocycles. The first kappa shape index (κ1) is 22.5. The fourth-order valence-electron chi connectivity index (χ4n) is 3.22. The average Bonchev–Trinajstić information content (AvgIpc) is 2.77. The molecule has 1 saturated heterocycles. The van der Waals surface area contributed by atoms with Gasteiger partial charge in [0.2, 0.25) is 0 Å². The molecule has 2 aromatic carbocycles. The predicted molar refractivity (Wildman–Crippen MR) is 107 cm³/mol. The highest BCUT2D eigenvalue weighted by Gasteiger charge is 2.31. The molecule has 1 fully saturated rings. The lowest BCUT2D eigenvalue weighted by Gasteiger charge is -2.34. The lowest BCUT2D eigenvalue weighted by molar-refractivity contribution is -0.137. The molecule has 2 amide bonds. The first-order chi connectivity index (χ1) is 14.8. The van der Waals surface area contributed by atoms with Crippen LogP contribution in [0.2, 0.25) is 0 Å². The van der Waals surface area contributed by atoms with Crippen LogP contribution >= 0.6 is 0 Å². The van der Waals surface area contributed by atoms with Crippen molar-refractivity contribution in [3.05, 3.63) is 59.7 Å². The number of alkyl halides is 3. The lowest BCUT2D eigenvalue weighted by Crippen LogP contribution is -2.51. The summed E-state index contributed by atoms with van der Waals surface area (Å²) in [4.78, 5) is 28.1. The predicted octanol–water partition coefficient (Wildman–Crippen LogP) is 3.47. The third-order valence-electron chi connectivity index (χ3n) is 4.88. The van der Waals surface area contributed by atoms with Gasteiger partial charge in [-0.2, -0.15) is 13.2 Å². The summed E-state index contributed by atoms with van der Waals surface area (Å²) in [5.74, 6) is 0.467. The van der Waals surface area contributed by atoms with Crippen LogP contribution in [0.5, 0.6) is 11.5 Å². The molecule has 0 aromatic heterocycles. The molecule has 1 aliphatic heterocycles. The SMILES string of the molecule is CCOc1ccccc1OCC(=O)N1CCN(C(=O)c2ccc(C(F)(F)F)cc2)CC1. The van der Waals surface area contributed by atoms with Crippen LogP contribution < -0.4 is 9.47 Å². The van der Waals surface area contributed by atoms with Crippen molar-refractivity contribution < 1.29 is 32.2 Å². The fourth-order valence-corrected chi connectivity index (χ4v) is 3.22. The van der Waals surface area contributed by atoms with Crippen molar-refractivity contribution in [2.45, 2.75) is 13.1 Å². The number of nitrogens with zero attached hydrogens (tertiary/aromatic N) is 2. The minimum absolute atomic E-state index is 0.156. The minimum Gasteiger partial charge on any atom is -0.490 e. The molecule has 0 bridgehead atoms. The number of benzene rings is 2. The number of hydrogen-bond acceptors (Lipinski definition) is 4. The summed E-state index contributed by atoms with van der Waals surface area (Å²) in [5.41, 5.74) is -0.617. The second kappa shape index (κ2) is 9.72. The summed E-state index contributed by atoms with van der Waals surface area (Å²) in [7, 11) is 0. The summed E-state index contributed by atoms with van der Waals surface area (Å²) in [6, 6.07) is 11.2. The van der Waals surface area contributed by atoms with Gasteiger partial charge in [-0.3, -0.25) is 9.59 Å². The number of rotatable bonds is 6. The third kappa shape index (κ3) is 5.68. The van der Waals surface area contributed by atoms with Gasteiger partial charge in [-0.1, -0.05) is 12.1 Å². The number of carbonyl (C=O) groups excluding carboxylic acids is 2. The van der Waals surface area contributed by atoms with E-state index < -0.39 is 11.7 Å². The van der Waals surface area contributed by atoms with Gasteiger partial charge in [0.1, 0.15) is 0 Å². The lowest BCUT2D eigenvalue weighted by atomic mass is 10.1. The molecule has 2 aromatic rings. The number of para-hydroxylation sites is 2. The summed E-state index contributed by atoms with van der Waals surface area (Å²) >= 11 is 0. The Bertz CT molecular complexity index is 908. The van der Waals surface area contributed by atoms with Gasteiger partial charge in [-0.05, 0) is 43.3 Å². The van der Waals surface area contributed by atoms with E-state index in [1.54, 1.807) is 23.1 Å². The number of hydrogen-bond donors (Lipinski definition) is 0. The van der Waals surface area contributed by atoms with Gasteiger partial charge < -0.3 is 19.3 Å². The van der Waals surface area contributed by atoms with Gasteiger partial charge in [0.25, 0.3) is 11.8 Å². The van der Waals surface area contributed by atoms with Crippen molar-refractivity contribution >= 4 is 11.8 Å². The van der Waals surface area contributed by atoms with Crippen molar-refractivity contribution in [1.82, 2.24) is 9.80 Å². The van der Waals surface area contributed by atoms with Crippen LogP contribution in [-0.2, 0) is 11.0 Å². The zero-order chi connectivity index (χ0) is 22.4. The van der Waals surface area contributed by atoms with Gasteiger partial charge in [0.05, 0.1) is 12.2 Å². The van der Waals surface area contributed by atoms with Crippen molar-refractivity contribution in [2.24, 2.45) is 0 Å². The molecule has 0 N–H and O–H groups in total. The zero-order valence-corrected chi connectivity index (χ0v) is 17.0. The van der Waals surface area contributed by atoms with E-state index in [0.29, 0.717) is 44.3 Å². The van der Waals surface area contributed by atoms with Gasteiger partial charge in [-0.15, -0.1) is 0 Å². The van der Waals surface area contributed by atoms with Crippen LogP contribution in [0.4, 0.5) is 13.2 Å². The van der Waals surface area contributed by atoms with E-state index in [-0.39, 0.29) is 24.0 Å². The van der Waals surface area contributed by atoms with E-state index >= 15 is 0 Å². The first-order valence-electron chi connectivity index (χ1n) is 9.88. The highest BCUT2D eigenvalue weighted by Crippen LogP contribution is 2.29. The number of amides is 2. The van der Waals surface area contributed by atoms with E-state index in [0.717, 1.165) is 12.1 Å². The minimum atomic E-state index is -4.45. The average molecular weight is 436 g/mol. The fraction of sp³-hybridized carbons (Fsp3) is 0.364. The van der Waals surface area contributed by atoms with E-state index in [9.17, 15) is 22.8 Å². The molecule has 6 nitrogen and oxygen atoms in total. The Labute approximate surface area is 178 Å². The normalized spacial score (nSPS) is 14.3. The third-order valence-corrected chi connectivity index (χ3v) is 4.88. The van der Waals surface area contributed by atoms with Crippen LogP contribution in [0.25, 0.3) is 0 Å². The van der Waals surface area contributed by atoms with Crippen molar-refractivity contribution in [3.63, 3.8) is 0 Å².